The van der Waals surface area contributed by atoms with Crippen molar-refractivity contribution in [3.63, 3.8) is 0 Å². The molecule has 0 radical (unpaired) electrons. The van der Waals surface area contributed by atoms with Gasteiger partial charge in [0.25, 0.3) is 0 Å². The van der Waals surface area contributed by atoms with E-state index < -0.39 is 0 Å². The number of aromatic nitrogens is 3. The van der Waals surface area contributed by atoms with Gasteiger partial charge in [0.2, 0.25) is 0 Å². The number of aliphatic hydroxyl groups excluding tert-OH is 1. The van der Waals surface area contributed by atoms with Crippen molar-refractivity contribution in [3.8, 4) is 0 Å². The molecular weight excluding hydrogens is 252 g/mol. The minimum absolute atomic E-state index is 0.301. The van der Waals surface area contributed by atoms with Gasteiger partial charge in [0.1, 0.15) is 0 Å². The van der Waals surface area contributed by atoms with Gasteiger partial charge in [0.05, 0.1) is 6.20 Å². The molecule has 1 N–H and O–H groups in total. The lowest BCUT2D eigenvalue weighted by Gasteiger charge is -2.15. The maximum Gasteiger partial charge on any atom is 0.157 e. The minimum atomic E-state index is 0.301. The highest BCUT2D eigenvalue weighted by atomic mass is 16.3. The molecule has 0 spiro atoms. The van der Waals surface area contributed by atoms with Crippen LogP contribution in [0.5, 0.6) is 0 Å². The van der Waals surface area contributed by atoms with Crippen LogP contribution in [0.25, 0.3) is 11.0 Å². The van der Waals surface area contributed by atoms with Crippen LogP contribution < -0.4 is 0 Å². The number of rotatable bonds is 4. The van der Waals surface area contributed by atoms with E-state index in [9.17, 15) is 5.11 Å². The summed E-state index contributed by atoms with van der Waals surface area (Å²) in [6.07, 6.45) is 4.94. The predicted octanol–water partition coefficient (Wildman–Crippen LogP) is 1.83. The molecule has 0 aromatic carbocycles. The van der Waals surface area contributed by atoms with Gasteiger partial charge < -0.3 is 5.11 Å². The highest BCUT2D eigenvalue weighted by Gasteiger charge is 2.21. The molecule has 3 heterocycles. The smallest absolute Gasteiger partial charge is 0.157 e. The van der Waals surface area contributed by atoms with E-state index in [4.69, 9.17) is 0 Å². The normalized spacial score (nSPS) is 20.3. The van der Waals surface area contributed by atoms with Crippen LogP contribution in [-0.4, -0.2) is 44.5 Å². The van der Waals surface area contributed by atoms with Crippen molar-refractivity contribution >= 4 is 11.0 Å². The summed E-state index contributed by atoms with van der Waals surface area (Å²) in [4.78, 5) is 6.95. The van der Waals surface area contributed by atoms with E-state index in [1.165, 1.54) is 5.56 Å². The summed E-state index contributed by atoms with van der Waals surface area (Å²) >= 11 is 0. The minimum Gasteiger partial charge on any atom is -0.396 e. The number of fused-ring (bicyclic) bond motifs is 1. The molecule has 0 amide bonds. The van der Waals surface area contributed by atoms with Crippen molar-refractivity contribution in [3.05, 3.63) is 24.0 Å². The van der Waals surface area contributed by atoms with Crippen LogP contribution >= 0.6 is 0 Å². The van der Waals surface area contributed by atoms with E-state index in [1.807, 2.05) is 17.1 Å². The van der Waals surface area contributed by atoms with Gasteiger partial charge in [-0.15, -0.1) is 0 Å². The molecule has 3 rings (SSSR count). The molecule has 5 heteroatoms. The summed E-state index contributed by atoms with van der Waals surface area (Å²) in [5.41, 5.74) is 2.18. The van der Waals surface area contributed by atoms with Crippen LogP contribution in [0.4, 0.5) is 0 Å². The fraction of sp³-hybridized carbons (Fsp3) is 0.600. The second-order valence-electron chi connectivity index (χ2n) is 6.01. The Morgan fingerprint density at radius 3 is 2.95 bits per heavy atom. The van der Waals surface area contributed by atoms with Crippen molar-refractivity contribution < 1.29 is 5.11 Å². The highest BCUT2D eigenvalue weighted by molar-refractivity contribution is 5.75. The zero-order valence-electron chi connectivity index (χ0n) is 12.2. The molecule has 5 nitrogen and oxygen atoms in total. The van der Waals surface area contributed by atoms with E-state index in [-0.39, 0.29) is 0 Å². The standard InChI is InChI=1S/C15H22N4O/c1-11(2)19-15-14(7-17-19)5-13(6-16-15)9-18-4-3-12(8-18)10-20/h5-7,11-12,20H,3-4,8-10H2,1-2H3. The first-order chi connectivity index (χ1) is 9.67. The van der Waals surface area contributed by atoms with Crippen LogP contribution in [0, 0.1) is 5.92 Å². The fourth-order valence-electron chi connectivity index (χ4n) is 2.91. The van der Waals surface area contributed by atoms with Crippen molar-refractivity contribution in [2.24, 2.45) is 5.92 Å². The Hall–Kier alpha value is -1.46. The molecule has 1 aliphatic heterocycles. The van der Waals surface area contributed by atoms with Gasteiger partial charge in [-0.05, 0) is 44.4 Å². The van der Waals surface area contributed by atoms with Crippen LogP contribution in [0.15, 0.2) is 18.5 Å². The molecule has 2 aromatic rings. The number of hydrogen-bond acceptors (Lipinski definition) is 4. The zero-order valence-corrected chi connectivity index (χ0v) is 12.2. The monoisotopic (exact) mass is 274 g/mol. The first-order valence-electron chi connectivity index (χ1n) is 7.32. The van der Waals surface area contributed by atoms with Gasteiger partial charge in [-0.2, -0.15) is 5.10 Å². The SMILES string of the molecule is CC(C)n1ncc2cc(CN3CCC(CO)C3)cnc21. The summed E-state index contributed by atoms with van der Waals surface area (Å²) in [5.74, 6) is 0.440. The van der Waals surface area contributed by atoms with Gasteiger partial charge in [0, 0.05) is 37.3 Å². The Bertz CT molecular complexity index is 593. The lowest BCUT2D eigenvalue weighted by Crippen LogP contribution is -2.21. The fourth-order valence-corrected chi connectivity index (χ4v) is 2.91. The summed E-state index contributed by atoms with van der Waals surface area (Å²) < 4.78 is 1.96. The van der Waals surface area contributed by atoms with Crippen LogP contribution in [0.1, 0.15) is 31.9 Å². The molecule has 0 saturated carbocycles. The first kappa shape index (κ1) is 13.5. The molecule has 1 saturated heterocycles. The number of likely N-dealkylation sites (tertiary alicyclic amines) is 1. The molecule has 20 heavy (non-hydrogen) atoms. The molecule has 108 valence electrons. The zero-order chi connectivity index (χ0) is 14.1. The Kier molecular flexibility index (Phi) is 3.72. The third-order valence-electron chi connectivity index (χ3n) is 4.01. The average Bonchev–Trinajstić information content (AvgIpc) is 3.04. The molecular formula is C15H22N4O. The molecule has 0 bridgehead atoms. The Morgan fingerprint density at radius 1 is 1.40 bits per heavy atom. The van der Waals surface area contributed by atoms with Crippen LogP contribution in [0.2, 0.25) is 0 Å². The molecule has 1 fully saturated rings. The van der Waals surface area contributed by atoms with Gasteiger partial charge in [-0.3, -0.25) is 4.90 Å². The average molecular weight is 274 g/mol. The lowest BCUT2D eigenvalue weighted by atomic mass is 10.1. The molecule has 2 aromatic heterocycles. The number of aliphatic hydroxyl groups is 1. The van der Waals surface area contributed by atoms with Crippen molar-refractivity contribution in [2.45, 2.75) is 32.9 Å². The maximum absolute atomic E-state index is 9.20. The summed E-state index contributed by atoms with van der Waals surface area (Å²) in [6.45, 7) is 7.48. The number of pyridine rings is 1. The van der Waals surface area contributed by atoms with Gasteiger partial charge in [0.15, 0.2) is 5.65 Å². The van der Waals surface area contributed by atoms with Crippen LogP contribution in [-0.2, 0) is 6.54 Å². The largest absolute Gasteiger partial charge is 0.396 e. The van der Waals surface area contributed by atoms with Gasteiger partial charge in [-0.1, -0.05) is 0 Å². The number of hydrogen-bond donors (Lipinski definition) is 1. The predicted molar refractivity (Wildman–Crippen MR) is 78.4 cm³/mol. The summed E-state index contributed by atoms with van der Waals surface area (Å²) in [7, 11) is 0. The lowest BCUT2D eigenvalue weighted by molar-refractivity contribution is 0.220. The summed E-state index contributed by atoms with van der Waals surface area (Å²) in [6, 6.07) is 2.51. The first-order valence-corrected chi connectivity index (χ1v) is 7.32. The second-order valence-corrected chi connectivity index (χ2v) is 6.01. The topological polar surface area (TPSA) is 54.2 Å². The van der Waals surface area contributed by atoms with Gasteiger partial charge in [-0.25, -0.2) is 9.67 Å². The van der Waals surface area contributed by atoms with Crippen molar-refractivity contribution in [2.75, 3.05) is 19.7 Å². The van der Waals surface area contributed by atoms with Crippen molar-refractivity contribution in [1.82, 2.24) is 19.7 Å². The Balaban J connectivity index is 1.77. The summed E-state index contributed by atoms with van der Waals surface area (Å²) in [5, 5.41) is 14.7. The van der Waals surface area contributed by atoms with E-state index in [0.29, 0.717) is 18.6 Å². The maximum atomic E-state index is 9.20. The third-order valence-corrected chi connectivity index (χ3v) is 4.01. The molecule has 0 aliphatic carbocycles. The van der Waals surface area contributed by atoms with E-state index >= 15 is 0 Å². The van der Waals surface area contributed by atoms with E-state index in [1.54, 1.807) is 0 Å². The van der Waals surface area contributed by atoms with E-state index in [2.05, 4.69) is 34.9 Å². The second kappa shape index (κ2) is 5.50. The molecule has 1 unspecified atom stereocenters. The Morgan fingerprint density at radius 2 is 2.25 bits per heavy atom. The van der Waals surface area contributed by atoms with Gasteiger partial charge >= 0.3 is 0 Å². The molecule has 1 aliphatic rings. The van der Waals surface area contributed by atoms with Crippen molar-refractivity contribution in [1.29, 1.82) is 0 Å². The number of nitrogens with zero attached hydrogens (tertiary/aromatic N) is 4. The van der Waals surface area contributed by atoms with E-state index in [0.717, 1.165) is 37.1 Å². The molecule has 1 atom stereocenters. The quantitative estimate of drug-likeness (QED) is 0.924. The third kappa shape index (κ3) is 2.55. The highest BCUT2D eigenvalue weighted by Crippen LogP contribution is 2.20. The van der Waals surface area contributed by atoms with Crippen LogP contribution in [0.3, 0.4) is 0 Å². The Labute approximate surface area is 119 Å².